The number of unbranched alkanes of at least 4 members (excludes halogenated alkanes) is 1. The molecule has 0 bridgehead atoms. The van der Waals surface area contributed by atoms with Crippen molar-refractivity contribution in [2.75, 3.05) is 26.7 Å². The number of nitrogens with zero attached hydrogens (tertiary/aromatic N) is 1. The van der Waals surface area contributed by atoms with Gasteiger partial charge in [0.25, 0.3) is 0 Å². The lowest BCUT2D eigenvalue weighted by Crippen LogP contribution is -2.22. The van der Waals surface area contributed by atoms with Crippen LogP contribution in [0.15, 0.2) is 15.9 Å². The molecule has 0 saturated heterocycles. The molecule has 15 heavy (non-hydrogen) atoms. The second-order valence-corrected chi connectivity index (χ2v) is 6.24. The van der Waals surface area contributed by atoms with E-state index in [0.717, 1.165) is 32.4 Å². The van der Waals surface area contributed by atoms with Gasteiger partial charge in [-0.3, -0.25) is 0 Å². The molecule has 4 heteroatoms. The Morgan fingerprint density at radius 2 is 2.13 bits per heavy atom. The number of thiophene rings is 1. The predicted octanol–water partition coefficient (Wildman–Crippen LogP) is 2.76. The van der Waals surface area contributed by atoms with E-state index in [1.165, 1.54) is 8.66 Å². The molecule has 0 aliphatic carbocycles. The van der Waals surface area contributed by atoms with E-state index < -0.39 is 0 Å². The molecular formula is C11H18BrNOS. The van der Waals surface area contributed by atoms with E-state index in [-0.39, 0.29) is 0 Å². The summed E-state index contributed by atoms with van der Waals surface area (Å²) in [6.07, 6.45) is 3.11. The average molecular weight is 292 g/mol. The lowest BCUT2D eigenvalue weighted by molar-refractivity contribution is 0.264. The van der Waals surface area contributed by atoms with Gasteiger partial charge in [0.1, 0.15) is 0 Å². The van der Waals surface area contributed by atoms with E-state index in [0.29, 0.717) is 6.61 Å². The molecule has 0 aliphatic heterocycles. The van der Waals surface area contributed by atoms with E-state index >= 15 is 0 Å². The maximum absolute atomic E-state index is 8.67. The highest BCUT2D eigenvalue weighted by Crippen LogP contribution is 2.22. The molecule has 0 atom stereocenters. The lowest BCUT2D eigenvalue weighted by Gasteiger charge is -2.15. The Kier molecular flexibility index (Phi) is 6.48. The van der Waals surface area contributed by atoms with Gasteiger partial charge in [0.2, 0.25) is 0 Å². The normalized spacial score (nSPS) is 11.2. The average Bonchev–Trinajstić information content (AvgIpc) is 2.62. The fraction of sp³-hybridized carbons (Fsp3) is 0.636. The summed E-state index contributed by atoms with van der Waals surface area (Å²) in [7, 11) is 2.14. The Balaban J connectivity index is 2.13. The Hall–Kier alpha value is 0.1000. The first kappa shape index (κ1) is 13.2. The summed E-state index contributed by atoms with van der Waals surface area (Å²) in [4.78, 5) is 3.75. The molecular weight excluding hydrogens is 274 g/mol. The molecule has 0 amide bonds. The van der Waals surface area contributed by atoms with Crippen LogP contribution in [0.4, 0.5) is 0 Å². The van der Waals surface area contributed by atoms with Crippen molar-refractivity contribution in [1.82, 2.24) is 4.90 Å². The van der Waals surface area contributed by atoms with Crippen molar-refractivity contribution >= 4 is 27.3 Å². The molecule has 0 unspecified atom stereocenters. The third-order valence-electron chi connectivity index (χ3n) is 2.32. The summed E-state index contributed by atoms with van der Waals surface area (Å²) in [6, 6.07) is 4.28. The highest BCUT2D eigenvalue weighted by atomic mass is 79.9. The molecule has 0 fully saturated rings. The smallest absolute Gasteiger partial charge is 0.0701 e. The molecule has 0 aromatic carbocycles. The van der Waals surface area contributed by atoms with Crippen LogP contribution in [-0.2, 0) is 6.42 Å². The van der Waals surface area contributed by atoms with Crippen molar-refractivity contribution in [3.63, 3.8) is 0 Å². The molecule has 2 nitrogen and oxygen atoms in total. The second-order valence-electron chi connectivity index (χ2n) is 3.69. The largest absolute Gasteiger partial charge is 0.396 e. The Morgan fingerprint density at radius 1 is 1.33 bits per heavy atom. The predicted molar refractivity (Wildman–Crippen MR) is 69.5 cm³/mol. The van der Waals surface area contributed by atoms with Crippen LogP contribution in [0.5, 0.6) is 0 Å². The van der Waals surface area contributed by atoms with E-state index in [2.05, 4.69) is 40.0 Å². The van der Waals surface area contributed by atoms with Gasteiger partial charge in [-0.1, -0.05) is 0 Å². The quantitative estimate of drug-likeness (QED) is 0.781. The van der Waals surface area contributed by atoms with Crippen LogP contribution in [0, 0.1) is 0 Å². The molecule has 1 heterocycles. The number of halogens is 1. The fourth-order valence-corrected chi connectivity index (χ4v) is 2.86. The Morgan fingerprint density at radius 3 is 2.73 bits per heavy atom. The first-order valence-corrected chi connectivity index (χ1v) is 6.87. The van der Waals surface area contributed by atoms with Crippen LogP contribution in [0.1, 0.15) is 17.7 Å². The summed E-state index contributed by atoms with van der Waals surface area (Å²) < 4.78 is 1.21. The Labute approximate surface area is 104 Å². The van der Waals surface area contributed by atoms with Crippen LogP contribution in [0.25, 0.3) is 0 Å². The van der Waals surface area contributed by atoms with E-state index in [1.54, 1.807) is 0 Å². The van der Waals surface area contributed by atoms with Gasteiger partial charge in [0.15, 0.2) is 0 Å². The SMILES string of the molecule is CN(CCCCO)CCc1ccc(Br)s1. The molecule has 0 radical (unpaired) electrons. The van der Waals surface area contributed by atoms with Crippen molar-refractivity contribution in [2.24, 2.45) is 0 Å². The summed E-state index contributed by atoms with van der Waals surface area (Å²) >= 11 is 5.28. The third kappa shape index (κ3) is 5.66. The number of aliphatic hydroxyl groups excluding tert-OH is 1. The van der Waals surface area contributed by atoms with Crippen LogP contribution in [-0.4, -0.2) is 36.8 Å². The Bertz CT molecular complexity index is 277. The maximum Gasteiger partial charge on any atom is 0.0701 e. The van der Waals surface area contributed by atoms with Gasteiger partial charge in [-0.2, -0.15) is 0 Å². The van der Waals surface area contributed by atoms with E-state index in [4.69, 9.17) is 5.11 Å². The molecule has 0 aliphatic rings. The number of likely N-dealkylation sites (N-methyl/N-ethyl adjacent to an activating group) is 1. The summed E-state index contributed by atoms with van der Waals surface area (Å²) in [5.74, 6) is 0. The van der Waals surface area contributed by atoms with Crippen molar-refractivity contribution in [2.45, 2.75) is 19.3 Å². The summed E-state index contributed by atoms with van der Waals surface area (Å²) in [6.45, 7) is 2.48. The second kappa shape index (κ2) is 7.39. The number of rotatable bonds is 7. The van der Waals surface area contributed by atoms with Crippen LogP contribution in [0.3, 0.4) is 0 Å². The van der Waals surface area contributed by atoms with Crippen molar-refractivity contribution in [1.29, 1.82) is 0 Å². The summed E-state index contributed by atoms with van der Waals surface area (Å²) in [5, 5.41) is 8.67. The van der Waals surface area contributed by atoms with E-state index in [9.17, 15) is 0 Å². The molecule has 1 aromatic rings. The number of aliphatic hydroxyl groups is 1. The zero-order valence-electron chi connectivity index (χ0n) is 9.08. The monoisotopic (exact) mass is 291 g/mol. The maximum atomic E-state index is 8.67. The molecule has 0 spiro atoms. The van der Waals surface area contributed by atoms with Crippen LogP contribution < -0.4 is 0 Å². The molecule has 0 saturated carbocycles. The zero-order valence-corrected chi connectivity index (χ0v) is 11.5. The number of hydrogen-bond acceptors (Lipinski definition) is 3. The fourth-order valence-electron chi connectivity index (χ4n) is 1.39. The van der Waals surface area contributed by atoms with Gasteiger partial charge < -0.3 is 10.0 Å². The molecule has 1 rings (SSSR count). The van der Waals surface area contributed by atoms with E-state index in [1.807, 2.05) is 11.3 Å². The highest BCUT2D eigenvalue weighted by molar-refractivity contribution is 9.11. The van der Waals surface area contributed by atoms with Crippen molar-refractivity contribution in [3.8, 4) is 0 Å². The van der Waals surface area contributed by atoms with Gasteiger partial charge in [-0.05, 0) is 60.9 Å². The minimum atomic E-state index is 0.311. The third-order valence-corrected chi connectivity index (χ3v) is 4.00. The van der Waals surface area contributed by atoms with Crippen LogP contribution in [0.2, 0.25) is 0 Å². The zero-order chi connectivity index (χ0) is 11.1. The van der Waals surface area contributed by atoms with Crippen LogP contribution >= 0.6 is 27.3 Å². The topological polar surface area (TPSA) is 23.5 Å². The van der Waals surface area contributed by atoms with Gasteiger partial charge in [-0.15, -0.1) is 11.3 Å². The standard InChI is InChI=1S/C11H18BrNOS/c1-13(7-2-3-9-14)8-6-10-4-5-11(12)15-10/h4-5,14H,2-3,6-9H2,1H3. The summed E-state index contributed by atoms with van der Waals surface area (Å²) in [5.41, 5.74) is 0. The van der Waals surface area contributed by atoms with Gasteiger partial charge in [0.05, 0.1) is 3.79 Å². The minimum Gasteiger partial charge on any atom is -0.396 e. The first-order chi connectivity index (χ1) is 7.22. The van der Waals surface area contributed by atoms with Gasteiger partial charge >= 0.3 is 0 Å². The molecule has 1 aromatic heterocycles. The first-order valence-electron chi connectivity index (χ1n) is 5.26. The molecule has 1 N–H and O–H groups in total. The highest BCUT2D eigenvalue weighted by Gasteiger charge is 2.01. The van der Waals surface area contributed by atoms with Gasteiger partial charge in [-0.25, -0.2) is 0 Å². The lowest BCUT2D eigenvalue weighted by atomic mass is 10.3. The molecule has 86 valence electrons. The van der Waals surface area contributed by atoms with Crippen molar-refractivity contribution < 1.29 is 5.11 Å². The number of hydrogen-bond donors (Lipinski definition) is 1. The van der Waals surface area contributed by atoms with Crippen molar-refractivity contribution in [3.05, 3.63) is 20.8 Å². The minimum absolute atomic E-state index is 0.311. The van der Waals surface area contributed by atoms with Gasteiger partial charge in [0, 0.05) is 18.0 Å².